The smallest absolute Gasteiger partial charge is 0.185 e. The molecule has 0 rings (SSSR count). The summed E-state index contributed by atoms with van der Waals surface area (Å²) in [4.78, 5) is 0. The minimum absolute atomic E-state index is 0.348. The lowest BCUT2D eigenvalue weighted by atomic mass is 10.1. The van der Waals surface area contributed by atoms with Gasteiger partial charge in [0.1, 0.15) is 0 Å². The third kappa shape index (κ3) is 11.9. The molecule has 2 heteroatoms. The zero-order valence-corrected chi connectivity index (χ0v) is 9.80. The molecule has 0 aliphatic rings. The van der Waals surface area contributed by atoms with Gasteiger partial charge < -0.3 is 10.8 Å². The minimum atomic E-state index is -0.348. The first-order valence-electron chi connectivity index (χ1n) is 6.28. The van der Waals surface area contributed by atoms with Crippen LogP contribution < -0.4 is 5.73 Å². The standard InChI is InChI=1S/C12H27NO/c1-2-3-4-5-6-7-8-9-10-11-12(13)14/h12,14H,2-11,13H2,1H3/p+1. The van der Waals surface area contributed by atoms with Gasteiger partial charge in [0.05, 0.1) is 0 Å². The summed E-state index contributed by atoms with van der Waals surface area (Å²) in [6.45, 7) is 2.25. The molecule has 1 unspecified atom stereocenters. The van der Waals surface area contributed by atoms with Crippen LogP contribution in [0.25, 0.3) is 0 Å². The molecular weight excluding hydrogens is 174 g/mol. The molecule has 0 aliphatic heterocycles. The Morgan fingerprint density at radius 3 is 1.71 bits per heavy atom. The Kier molecular flexibility index (Phi) is 10.9. The molecule has 0 aromatic carbocycles. The maximum atomic E-state index is 8.94. The van der Waals surface area contributed by atoms with E-state index in [2.05, 4.69) is 12.7 Å². The summed E-state index contributed by atoms with van der Waals surface area (Å²) in [7, 11) is 0. The van der Waals surface area contributed by atoms with Crippen molar-refractivity contribution < 1.29 is 10.8 Å². The fourth-order valence-electron chi connectivity index (χ4n) is 1.69. The van der Waals surface area contributed by atoms with Crippen LogP contribution in [0.5, 0.6) is 0 Å². The topological polar surface area (TPSA) is 47.9 Å². The van der Waals surface area contributed by atoms with Crippen LogP contribution in [0.15, 0.2) is 0 Å². The van der Waals surface area contributed by atoms with Crippen LogP contribution in [0.1, 0.15) is 71.1 Å². The highest BCUT2D eigenvalue weighted by atomic mass is 16.3. The van der Waals surface area contributed by atoms with Crippen molar-refractivity contribution in [3.63, 3.8) is 0 Å². The first-order valence-corrected chi connectivity index (χ1v) is 6.28. The van der Waals surface area contributed by atoms with Gasteiger partial charge in [0.2, 0.25) is 0 Å². The van der Waals surface area contributed by atoms with Gasteiger partial charge in [-0.2, -0.15) is 0 Å². The van der Waals surface area contributed by atoms with Crippen LogP contribution in [0.2, 0.25) is 0 Å². The molecule has 0 aromatic heterocycles. The van der Waals surface area contributed by atoms with E-state index in [1.54, 1.807) is 0 Å². The first kappa shape index (κ1) is 13.9. The molecule has 14 heavy (non-hydrogen) atoms. The molecule has 0 radical (unpaired) electrons. The number of hydrogen-bond donors (Lipinski definition) is 2. The zero-order valence-electron chi connectivity index (χ0n) is 9.80. The van der Waals surface area contributed by atoms with Crippen molar-refractivity contribution in [1.29, 1.82) is 0 Å². The molecule has 4 N–H and O–H groups in total. The summed E-state index contributed by atoms with van der Waals surface area (Å²) >= 11 is 0. The number of aliphatic hydroxyl groups excluding tert-OH is 1. The molecule has 0 saturated heterocycles. The van der Waals surface area contributed by atoms with E-state index < -0.39 is 0 Å². The number of hydrogen-bond acceptors (Lipinski definition) is 1. The summed E-state index contributed by atoms with van der Waals surface area (Å²) in [5.41, 5.74) is 3.56. The lowest BCUT2D eigenvalue weighted by Crippen LogP contribution is -2.60. The second kappa shape index (κ2) is 11.0. The highest BCUT2D eigenvalue weighted by Crippen LogP contribution is 2.10. The van der Waals surface area contributed by atoms with Crippen LogP contribution in [0.3, 0.4) is 0 Å². The highest BCUT2D eigenvalue weighted by molar-refractivity contribution is 4.47. The molecule has 0 aromatic rings. The normalized spacial score (nSPS) is 13.1. The summed E-state index contributed by atoms with van der Waals surface area (Å²) < 4.78 is 0. The maximum Gasteiger partial charge on any atom is 0.185 e. The second-order valence-corrected chi connectivity index (χ2v) is 4.27. The summed E-state index contributed by atoms with van der Waals surface area (Å²) in [6, 6.07) is 0. The van der Waals surface area contributed by atoms with Gasteiger partial charge in [0, 0.05) is 6.42 Å². The van der Waals surface area contributed by atoms with Gasteiger partial charge in [-0.05, 0) is 6.42 Å². The average molecular weight is 202 g/mol. The molecule has 2 nitrogen and oxygen atoms in total. The predicted molar refractivity (Wildman–Crippen MR) is 60.7 cm³/mol. The van der Waals surface area contributed by atoms with Crippen molar-refractivity contribution in [3.05, 3.63) is 0 Å². The van der Waals surface area contributed by atoms with E-state index >= 15 is 0 Å². The number of rotatable bonds is 10. The fourth-order valence-corrected chi connectivity index (χ4v) is 1.69. The SMILES string of the molecule is CCCCCCCCCCCC([NH3+])O. The molecule has 0 saturated carbocycles. The molecule has 1 atom stereocenters. The third-order valence-electron chi connectivity index (χ3n) is 2.64. The molecule has 0 heterocycles. The van der Waals surface area contributed by atoms with Crippen LogP contribution in [0.4, 0.5) is 0 Å². The minimum Gasteiger partial charge on any atom is -0.345 e. The average Bonchev–Trinajstić information content (AvgIpc) is 2.15. The number of unbranched alkanes of at least 4 members (excludes halogenated alkanes) is 8. The third-order valence-corrected chi connectivity index (χ3v) is 2.64. The van der Waals surface area contributed by atoms with Crippen molar-refractivity contribution in [2.75, 3.05) is 0 Å². The van der Waals surface area contributed by atoms with Gasteiger partial charge in [0.25, 0.3) is 0 Å². The monoisotopic (exact) mass is 202 g/mol. The molecule has 0 amide bonds. The van der Waals surface area contributed by atoms with E-state index in [0.717, 1.165) is 12.8 Å². The van der Waals surface area contributed by atoms with Gasteiger partial charge in [-0.1, -0.05) is 58.3 Å². The molecule has 0 spiro atoms. The molecular formula is C12H28NO+. The van der Waals surface area contributed by atoms with E-state index in [1.807, 2.05) is 0 Å². The van der Waals surface area contributed by atoms with Crippen molar-refractivity contribution in [2.24, 2.45) is 0 Å². The van der Waals surface area contributed by atoms with Gasteiger partial charge in [-0.3, -0.25) is 0 Å². The molecule has 0 fully saturated rings. The number of quaternary nitrogens is 1. The lowest BCUT2D eigenvalue weighted by molar-refractivity contribution is -0.483. The Balaban J connectivity index is 2.85. The Labute approximate surface area is 88.9 Å². The van der Waals surface area contributed by atoms with E-state index in [1.165, 1.54) is 51.4 Å². The van der Waals surface area contributed by atoms with Gasteiger partial charge in [-0.25, -0.2) is 0 Å². The second-order valence-electron chi connectivity index (χ2n) is 4.27. The quantitative estimate of drug-likeness (QED) is 0.415. The van der Waals surface area contributed by atoms with Crippen molar-refractivity contribution >= 4 is 0 Å². The largest absolute Gasteiger partial charge is 0.345 e. The van der Waals surface area contributed by atoms with E-state index in [-0.39, 0.29) is 6.23 Å². The van der Waals surface area contributed by atoms with Crippen LogP contribution >= 0.6 is 0 Å². The van der Waals surface area contributed by atoms with Crippen LogP contribution in [0, 0.1) is 0 Å². The van der Waals surface area contributed by atoms with Crippen LogP contribution in [-0.4, -0.2) is 11.3 Å². The lowest BCUT2D eigenvalue weighted by Gasteiger charge is -2.02. The fraction of sp³-hybridized carbons (Fsp3) is 1.00. The highest BCUT2D eigenvalue weighted by Gasteiger charge is 1.98. The Morgan fingerprint density at radius 1 is 0.857 bits per heavy atom. The Bertz CT molecular complexity index is 104. The molecule has 86 valence electrons. The van der Waals surface area contributed by atoms with E-state index in [4.69, 9.17) is 5.11 Å². The van der Waals surface area contributed by atoms with Gasteiger partial charge >= 0.3 is 0 Å². The molecule has 0 bridgehead atoms. The first-order chi connectivity index (χ1) is 6.77. The van der Waals surface area contributed by atoms with Crippen molar-refractivity contribution in [3.8, 4) is 0 Å². The number of aliphatic hydroxyl groups is 1. The van der Waals surface area contributed by atoms with E-state index in [0.29, 0.717) is 0 Å². The molecule has 0 aliphatic carbocycles. The summed E-state index contributed by atoms with van der Waals surface area (Å²) in [5.74, 6) is 0. The van der Waals surface area contributed by atoms with Gasteiger partial charge in [-0.15, -0.1) is 0 Å². The summed E-state index contributed by atoms with van der Waals surface area (Å²) in [6.07, 6.45) is 12.6. The van der Waals surface area contributed by atoms with Gasteiger partial charge in [0.15, 0.2) is 6.23 Å². The predicted octanol–water partition coefficient (Wildman–Crippen LogP) is 2.47. The zero-order chi connectivity index (χ0) is 10.6. The van der Waals surface area contributed by atoms with Crippen LogP contribution in [-0.2, 0) is 0 Å². The van der Waals surface area contributed by atoms with Crippen molar-refractivity contribution in [2.45, 2.75) is 77.4 Å². The summed E-state index contributed by atoms with van der Waals surface area (Å²) in [5, 5.41) is 8.94. The Morgan fingerprint density at radius 2 is 1.29 bits per heavy atom. The van der Waals surface area contributed by atoms with E-state index in [9.17, 15) is 0 Å². The maximum absolute atomic E-state index is 8.94. The Hall–Kier alpha value is -0.0800. The van der Waals surface area contributed by atoms with Crippen molar-refractivity contribution in [1.82, 2.24) is 0 Å².